The third kappa shape index (κ3) is 5.03. The monoisotopic (exact) mass is 433 g/mol. The minimum absolute atomic E-state index is 0.102. The van der Waals surface area contributed by atoms with E-state index in [9.17, 15) is 4.79 Å². The van der Waals surface area contributed by atoms with Gasteiger partial charge in [0.05, 0.1) is 18.1 Å². The zero-order valence-corrected chi connectivity index (χ0v) is 18.4. The molecule has 4 aromatic rings. The molecule has 0 saturated heterocycles. The first-order valence-corrected chi connectivity index (χ1v) is 11.0. The lowest BCUT2D eigenvalue weighted by molar-refractivity contribution is -0.113. The Hall–Kier alpha value is -3.39. The van der Waals surface area contributed by atoms with Crippen molar-refractivity contribution >= 4 is 29.0 Å². The van der Waals surface area contributed by atoms with E-state index in [2.05, 4.69) is 26.7 Å². The van der Waals surface area contributed by atoms with E-state index >= 15 is 0 Å². The van der Waals surface area contributed by atoms with Crippen molar-refractivity contribution in [2.75, 3.05) is 17.7 Å². The molecule has 1 amide bonds. The van der Waals surface area contributed by atoms with Gasteiger partial charge in [-0.15, -0.1) is 10.2 Å². The fraction of sp³-hybridized carbons (Fsp3) is 0.217. The van der Waals surface area contributed by atoms with Crippen molar-refractivity contribution in [1.29, 1.82) is 0 Å². The number of hydrogen-bond acceptors (Lipinski definition) is 6. The lowest BCUT2D eigenvalue weighted by Crippen LogP contribution is -2.14. The summed E-state index contributed by atoms with van der Waals surface area (Å²) in [5, 5.41) is 16.5. The minimum Gasteiger partial charge on any atom is -0.494 e. The third-order valence-corrected chi connectivity index (χ3v) is 5.45. The Bertz CT molecular complexity index is 1200. The summed E-state index contributed by atoms with van der Waals surface area (Å²) in [6, 6.07) is 17.5. The number of thioether (sulfide) groups is 1. The molecule has 4 rings (SSSR count). The van der Waals surface area contributed by atoms with Crippen LogP contribution in [0.15, 0.2) is 59.8 Å². The van der Waals surface area contributed by atoms with Gasteiger partial charge in [0.1, 0.15) is 5.75 Å². The molecule has 31 heavy (non-hydrogen) atoms. The Balaban J connectivity index is 1.48. The van der Waals surface area contributed by atoms with Gasteiger partial charge in [0.2, 0.25) is 11.1 Å². The van der Waals surface area contributed by atoms with Crippen LogP contribution >= 0.6 is 11.8 Å². The molecular formula is C23H23N5O2S. The van der Waals surface area contributed by atoms with Crippen LogP contribution in [0.4, 0.5) is 5.69 Å². The lowest BCUT2D eigenvalue weighted by atomic mass is 10.1. The van der Waals surface area contributed by atoms with Gasteiger partial charge in [-0.25, -0.2) is 0 Å². The zero-order valence-electron chi connectivity index (χ0n) is 17.6. The van der Waals surface area contributed by atoms with Crippen LogP contribution in [0.25, 0.3) is 16.9 Å². The number of aromatic nitrogens is 4. The number of anilines is 1. The van der Waals surface area contributed by atoms with Gasteiger partial charge in [0, 0.05) is 11.3 Å². The third-order valence-electron chi connectivity index (χ3n) is 4.53. The number of carbonyl (C=O) groups excluding carboxylic acids is 1. The van der Waals surface area contributed by atoms with Crippen molar-refractivity contribution in [1.82, 2.24) is 19.8 Å². The number of benzene rings is 2. The molecule has 0 spiro atoms. The molecule has 0 aliphatic carbocycles. The van der Waals surface area contributed by atoms with Crippen molar-refractivity contribution in [3.05, 3.63) is 65.7 Å². The molecule has 2 aromatic carbocycles. The fourth-order valence-corrected chi connectivity index (χ4v) is 3.96. The number of rotatable bonds is 7. The van der Waals surface area contributed by atoms with E-state index in [1.54, 1.807) is 4.52 Å². The van der Waals surface area contributed by atoms with E-state index in [1.165, 1.54) is 11.8 Å². The number of hydrogen-bond donors (Lipinski definition) is 1. The van der Waals surface area contributed by atoms with Gasteiger partial charge in [-0.05, 0) is 80.4 Å². The van der Waals surface area contributed by atoms with E-state index in [0.29, 0.717) is 17.4 Å². The second-order valence-electron chi connectivity index (χ2n) is 7.14. The SMILES string of the molecule is CCOc1ccc(-c2ccc3nnc(SCC(=O)Nc4cc(C)cc(C)c4)n3n2)cc1. The van der Waals surface area contributed by atoms with E-state index in [1.807, 2.05) is 69.3 Å². The molecule has 0 aliphatic rings. The van der Waals surface area contributed by atoms with Gasteiger partial charge in [-0.2, -0.15) is 9.61 Å². The first-order valence-electron chi connectivity index (χ1n) is 9.98. The second kappa shape index (κ2) is 9.18. The molecule has 0 atom stereocenters. The van der Waals surface area contributed by atoms with E-state index in [0.717, 1.165) is 33.8 Å². The van der Waals surface area contributed by atoms with Crippen molar-refractivity contribution in [2.24, 2.45) is 0 Å². The van der Waals surface area contributed by atoms with E-state index < -0.39 is 0 Å². The number of nitrogens with zero attached hydrogens (tertiary/aromatic N) is 4. The first-order chi connectivity index (χ1) is 15.0. The van der Waals surface area contributed by atoms with Gasteiger partial charge in [0.25, 0.3) is 0 Å². The van der Waals surface area contributed by atoms with Gasteiger partial charge in [-0.1, -0.05) is 17.8 Å². The van der Waals surface area contributed by atoms with Crippen LogP contribution in [0, 0.1) is 13.8 Å². The van der Waals surface area contributed by atoms with Crippen LogP contribution in [0.1, 0.15) is 18.1 Å². The van der Waals surface area contributed by atoms with Crippen molar-refractivity contribution in [3.63, 3.8) is 0 Å². The minimum atomic E-state index is -0.102. The summed E-state index contributed by atoms with van der Waals surface area (Å²) in [4.78, 5) is 12.4. The van der Waals surface area contributed by atoms with E-state index in [-0.39, 0.29) is 11.7 Å². The number of amides is 1. The van der Waals surface area contributed by atoms with Gasteiger partial charge in [-0.3, -0.25) is 4.79 Å². The number of ether oxygens (including phenoxy) is 1. The number of fused-ring (bicyclic) bond motifs is 1. The molecule has 0 bridgehead atoms. The molecule has 2 aromatic heterocycles. The summed E-state index contributed by atoms with van der Waals surface area (Å²) in [6.07, 6.45) is 0. The topological polar surface area (TPSA) is 81.4 Å². The van der Waals surface area contributed by atoms with Gasteiger partial charge in [0.15, 0.2) is 5.65 Å². The van der Waals surface area contributed by atoms with Crippen molar-refractivity contribution < 1.29 is 9.53 Å². The molecule has 8 heteroatoms. The standard InChI is InChI=1S/C23H23N5O2S/c1-4-30-19-7-5-17(6-8-19)20-9-10-21-25-26-23(28(21)27-20)31-14-22(29)24-18-12-15(2)11-16(3)13-18/h5-13H,4,14H2,1-3H3,(H,24,29). The summed E-state index contributed by atoms with van der Waals surface area (Å²) in [7, 11) is 0. The van der Waals surface area contributed by atoms with Gasteiger partial charge >= 0.3 is 0 Å². The molecule has 0 saturated carbocycles. The molecule has 7 nitrogen and oxygen atoms in total. The second-order valence-corrected chi connectivity index (χ2v) is 8.08. The molecule has 1 N–H and O–H groups in total. The summed E-state index contributed by atoms with van der Waals surface area (Å²) >= 11 is 1.30. The first kappa shape index (κ1) is 20.9. The summed E-state index contributed by atoms with van der Waals surface area (Å²) in [5.74, 6) is 0.931. The summed E-state index contributed by atoms with van der Waals surface area (Å²) < 4.78 is 7.16. The maximum absolute atomic E-state index is 12.4. The maximum atomic E-state index is 12.4. The molecule has 0 unspecified atom stereocenters. The molecule has 0 aliphatic heterocycles. The largest absolute Gasteiger partial charge is 0.494 e. The maximum Gasteiger partial charge on any atom is 0.234 e. The Kier molecular flexibility index (Phi) is 6.18. The van der Waals surface area contributed by atoms with E-state index in [4.69, 9.17) is 4.74 Å². The number of nitrogens with one attached hydrogen (secondary N) is 1. The number of aryl methyl sites for hydroxylation is 2. The average molecular weight is 434 g/mol. The Morgan fingerprint density at radius 3 is 2.48 bits per heavy atom. The van der Waals surface area contributed by atoms with Crippen LogP contribution in [-0.2, 0) is 4.79 Å². The summed E-state index contributed by atoms with van der Waals surface area (Å²) in [5.41, 5.74) is 5.39. The molecule has 0 fully saturated rings. The molecule has 0 radical (unpaired) electrons. The number of carbonyl (C=O) groups is 1. The highest BCUT2D eigenvalue weighted by molar-refractivity contribution is 7.99. The van der Waals surface area contributed by atoms with Crippen LogP contribution in [-0.4, -0.2) is 38.1 Å². The Morgan fingerprint density at radius 2 is 1.77 bits per heavy atom. The lowest BCUT2D eigenvalue weighted by Gasteiger charge is -2.07. The molecular weight excluding hydrogens is 410 g/mol. The quantitative estimate of drug-likeness (QED) is 0.431. The fourth-order valence-electron chi connectivity index (χ4n) is 3.28. The van der Waals surface area contributed by atoms with Crippen LogP contribution in [0.3, 0.4) is 0 Å². The highest BCUT2D eigenvalue weighted by atomic mass is 32.2. The summed E-state index contributed by atoms with van der Waals surface area (Å²) in [6.45, 7) is 6.60. The Labute approximate surface area is 184 Å². The normalized spacial score (nSPS) is 10.9. The highest BCUT2D eigenvalue weighted by Gasteiger charge is 2.12. The predicted octanol–water partition coefficient (Wildman–Crippen LogP) is 4.54. The Morgan fingerprint density at radius 1 is 1.03 bits per heavy atom. The molecule has 2 heterocycles. The molecule has 158 valence electrons. The van der Waals surface area contributed by atoms with Gasteiger partial charge < -0.3 is 10.1 Å². The smallest absolute Gasteiger partial charge is 0.234 e. The zero-order chi connectivity index (χ0) is 21.8. The van der Waals surface area contributed by atoms with Crippen molar-refractivity contribution in [3.8, 4) is 17.0 Å². The highest BCUT2D eigenvalue weighted by Crippen LogP contribution is 2.23. The van der Waals surface area contributed by atoms with Crippen molar-refractivity contribution in [2.45, 2.75) is 25.9 Å². The van der Waals surface area contributed by atoms with Crippen LogP contribution in [0.2, 0.25) is 0 Å². The average Bonchev–Trinajstić information content (AvgIpc) is 3.14. The van der Waals surface area contributed by atoms with Crippen LogP contribution < -0.4 is 10.1 Å². The van der Waals surface area contributed by atoms with Crippen LogP contribution in [0.5, 0.6) is 5.75 Å². The predicted molar refractivity (Wildman–Crippen MR) is 123 cm³/mol.